The van der Waals surface area contributed by atoms with Crippen molar-refractivity contribution in [2.45, 2.75) is 6.92 Å². The monoisotopic (exact) mass is 750 g/mol. The lowest BCUT2D eigenvalue weighted by Crippen LogP contribution is -2.09. The van der Waals surface area contributed by atoms with Crippen LogP contribution in [0, 0.1) is 0 Å². The van der Waals surface area contributed by atoms with Crippen molar-refractivity contribution in [3.63, 3.8) is 0 Å². The van der Waals surface area contributed by atoms with Gasteiger partial charge in [-0.15, -0.1) is 0 Å². The molecule has 1 atom stereocenters. The van der Waals surface area contributed by atoms with Crippen molar-refractivity contribution in [3.05, 3.63) is 146 Å². The van der Waals surface area contributed by atoms with E-state index in [-0.39, 0.29) is 22.8 Å². The smallest absolute Gasteiger partial charge is 0.261 e. The summed E-state index contributed by atoms with van der Waals surface area (Å²) < 4.78 is 43.7. The first kappa shape index (κ1) is 35.8. The molecule has 0 spiro atoms. The number of hydrogen-bond donors (Lipinski definition) is 2. The van der Waals surface area contributed by atoms with Crippen LogP contribution in [-0.4, -0.2) is 17.2 Å². The van der Waals surface area contributed by atoms with Crippen LogP contribution in [0.1, 0.15) is 6.92 Å². The summed E-state index contributed by atoms with van der Waals surface area (Å²) in [5, 5.41) is 12.5. The Bertz CT molecular complexity index is 2740. The van der Waals surface area contributed by atoms with E-state index >= 15 is 0 Å². The molecule has 0 aromatic heterocycles. The third-order valence-corrected chi connectivity index (χ3v) is 10.9. The standard InChI is InChI=1S/C22H16NO2P.C21H16NO3PS/c1-14(24)23-19-12-10-15-6-2-4-8-17(15)21(19)22-18-9-5-3-7-16(18)11-13-20(22)26-25;1-25-27(24)22-18-12-10-14-6-2-4-8-16(14)20(18)21-17-9-5-3-7-15(17)11-13-19(21)26-23/h2-13H,1H3,(H,23,24);2-13,22H,1H3. The Hall–Kier alpha value is -5.62. The third-order valence-electron chi connectivity index (χ3n) is 9.02. The van der Waals surface area contributed by atoms with Crippen LogP contribution in [0.3, 0.4) is 0 Å². The van der Waals surface area contributed by atoms with Crippen molar-refractivity contribution in [2.75, 3.05) is 17.1 Å². The molecule has 0 saturated carbocycles. The van der Waals surface area contributed by atoms with Gasteiger partial charge in [-0.3, -0.25) is 22.8 Å². The van der Waals surface area contributed by atoms with Gasteiger partial charge < -0.3 is 5.32 Å². The molecule has 2 N–H and O–H groups in total. The second-order valence-electron chi connectivity index (χ2n) is 12.1. The minimum absolute atomic E-state index is 0.0515. The van der Waals surface area contributed by atoms with E-state index in [2.05, 4.69) is 10.0 Å². The van der Waals surface area contributed by atoms with Gasteiger partial charge in [-0.05, 0) is 67.4 Å². The van der Waals surface area contributed by atoms with E-state index in [1.165, 1.54) is 14.0 Å². The van der Waals surface area contributed by atoms with Crippen molar-refractivity contribution >= 4 is 99.2 Å². The molecule has 0 saturated heterocycles. The highest BCUT2D eigenvalue weighted by Crippen LogP contribution is 2.41. The predicted molar refractivity (Wildman–Crippen MR) is 221 cm³/mol. The van der Waals surface area contributed by atoms with Crippen LogP contribution in [0.15, 0.2) is 146 Å². The number of carbonyl (C=O) groups excluding carboxylic acids is 1. The molecular weight excluding hydrogens is 718 g/mol. The van der Waals surface area contributed by atoms with Crippen LogP contribution in [0.25, 0.3) is 65.3 Å². The van der Waals surface area contributed by atoms with E-state index in [0.29, 0.717) is 16.3 Å². The number of benzene rings is 8. The van der Waals surface area contributed by atoms with Crippen molar-refractivity contribution < 1.29 is 22.3 Å². The zero-order chi connectivity index (χ0) is 36.9. The minimum Gasteiger partial charge on any atom is -0.326 e. The minimum atomic E-state index is -1.68. The van der Waals surface area contributed by atoms with E-state index in [4.69, 9.17) is 4.18 Å². The summed E-state index contributed by atoms with van der Waals surface area (Å²) >= 11 is -1.68. The fraction of sp³-hybridized carbons (Fsp3) is 0.0465. The largest absolute Gasteiger partial charge is 0.326 e. The van der Waals surface area contributed by atoms with Gasteiger partial charge in [0.2, 0.25) is 5.91 Å². The van der Waals surface area contributed by atoms with Crippen LogP contribution in [-0.2, 0) is 29.4 Å². The number of nitrogens with one attached hydrogen (secondary N) is 2. The Labute approximate surface area is 312 Å². The molecule has 0 fully saturated rings. The van der Waals surface area contributed by atoms with Gasteiger partial charge in [-0.1, -0.05) is 121 Å². The maximum Gasteiger partial charge on any atom is 0.261 e. The maximum absolute atomic E-state index is 12.0. The summed E-state index contributed by atoms with van der Waals surface area (Å²) in [5.41, 5.74) is 4.88. The maximum atomic E-state index is 12.0. The molecular formula is C43H32N2O5P2S. The summed E-state index contributed by atoms with van der Waals surface area (Å²) in [6.07, 6.45) is 0. The van der Waals surface area contributed by atoms with Crippen LogP contribution in [0.4, 0.5) is 11.4 Å². The molecule has 53 heavy (non-hydrogen) atoms. The molecule has 8 aromatic rings. The Kier molecular flexibility index (Phi) is 10.8. The second kappa shape index (κ2) is 16.0. The van der Waals surface area contributed by atoms with E-state index in [1.807, 2.05) is 146 Å². The Morgan fingerprint density at radius 2 is 0.868 bits per heavy atom. The van der Waals surface area contributed by atoms with Crippen molar-refractivity contribution in [2.24, 2.45) is 0 Å². The Balaban J connectivity index is 0.000000164. The third kappa shape index (κ3) is 7.23. The molecule has 8 rings (SSSR count). The molecule has 8 aromatic carbocycles. The van der Waals surface area contributed by atoms with Gasteiger partial charge in [0.05, 0.1) is 23.4 Å². The first-order valence-corrected chi connectivity index (χ1v) is 19.4. The van der Waals surface area contributed by atoms with Crippen LogP contribution in [0.5, 0.6) is 0 Å². The molecule has 0 aliphatic heterocycles. The van der Waals surface area contributed by atoms with Gasteiger partial charge in [-0.25, -0.2) is 4.21 Å². The van der Waals surface area contributed by atoms with Crippen molar-refractivity contribution in [1.82, 2.24) is 0 Å². The quantitative estimate of drug-likeness (QED) is 0.151. The zero-order valence-electron chi connectivity index (χ0n) is 28.7. The lowest BCUT2D eigenvalue weighted by atomic mass is 9.92. The molecule has 260 valence electrons. The van der Waals surface area contributed by atoms with Gasteiger partial charge in [0.1, 0.15) is 0 Å². The van der Waals surface area contributed by atoms with Gasteiger partial charge >= 0.3 is 0 Å². The molecule has 0 aliphatic carbocycles. The van der Waals surface area contributed by atoms with Crippen LogP contribution in [0.2, 0.25) is 0 Å². The highest BCUT2D eigenvalue weighted by atomic mass is 32.2. The lowest BCUT2D eigenvalue weighted by molar-refractivity contribution is -0.114. The van der Waals surface area contributed by atoms with E-state index in [0.717, 1.165) is 71.0 Å². The Morgan fingerprint density at radius 1 is 0.509 bits per heavy atom. The molecule has 1 unspecified atom stereocenters. The molecule has 0 bridgehead atoms. The van der Waals surface area contributed by atoms with Crippen molar-refractivity contribution in [1.29, 1.82) is 0 Å². The fourth-order valence-corrected chi connectivity index (χ4v) is 8.14. The number of hydrogen-bond acceptors (Lipinski definition) is 5. The first-order valence-electron chi connectivity index (χ1n) is 16.7. The molecule has 0 heterocycles. The van der Waals surface area contributed by atoms with Gasteiger partial charge in [-0.2, -0.15) is 0 Å². The zero-order valence-corrected chi connectivity index (χ0v) is 31.3. The van der Waals surface area contributed by atoms with Gasteiger partial charge in [0.15, 0.2) is 16.9 Å². The number of fused-ring (bicyclic) bond motifs is 4. The van der Waals surface area contributed by atoms with Gasteiger partial charge in [0.25, 0.3) is 11.3 Å². The molecule has 0 radical (unpaired) electrons. The molecule has 1 amide bonds. The molecule has 0 aliphatic rings. The van der Waals surface area contributed by atoms with Crippen LogP contribution >= 0.6 is 16.9 Å². The molecule has 10 heteroatoms. The Morgan fingerprint density at radius 3 is 1.26 bits per heavy atom. The number of rotatable bonds is 8. The highest BCUT2D eigenvalue weighted by Gasteiger charge is 2.19. The summed E-state index contributed by atoms with van der Waals surface area (Å²) in [6.45, 7) is 1.49. The normalized spacial score (nSPS) is 11.8. The lowest BCUT2D eigenvalue weighted by Gasteiger charge is -2.17. The molecule has 7 nitrogen and oxygen atoms in total. The van der Waals surface area contributed by atoms with Crippen molar-refractivity contribution in [3.8, 4) is 22.3 Å². The predicted octanol–water partition coefficient (Wildman–Crippen LogP) is 10.7. The second-order valence-corrected chi connectivity index (χ2v) is 14.5. The SMILES string of the molecule is CC(=O)Nc1ccc2ccccc2c1-c1c(P=O)ccc2ccccc12.COS(=O)Nc1ccc2ccccc2c1-c1c(P=O)ccc2ccccc12. The van der Waals surface area contributed by atoms with E-state index in [9.17, 15) is 18.1 Å². The number of amides is 1. The van der Waals surface area contributed by atoms with E-state index in [1.54, 1.807) is 0 Å². The summed E-state index contributed by atoms with van der Waals surface area (Å²) in [7, 11) is 1.26. The average molecular weight is 751 g/mol. The highest BCUT2D eigenvalue weighted by molar-refractivity contribution is 7.81. The van der Waals surface area contributed by atoms with Gasteiger partial charge in [0, 0.05) is 34.9 Å². The fourth-order valence-electron chi connectivity index (χ4n) is 6.79. The first-order chi connectivity index (χ1) is 25.9. The van der Waals surface area contributed by atoms with Crippen LogP contribution < -0.4 is 20.6 Å². The van der Waals surface area contributed by atoms with E-state index < -0.39 is 11.3 Å². The number of anilines is 2. The summed E-state index contributed by atoms with van der Waals surface area (Å²) in [4.78, 5) is 11.8. The summed E-state index contributed by atoms with van der Waals surface area (Å²) in [6, 6.07) is 47.4. The number of carbonyl (C=O) groups is 1. The average Bonchev–Trinajstić information content (AvgIpc) is 3.20. The summed E-state index contributed by atoms with van der Waals surface area (Å²) in [5.74, 6) is -0.136. The topological polar surface area (TPSA) is 102 Å².